The van der Waals surface area contributed by atoms with Crippen molar-refractivity contribution in [2.75, 3.05) is 5.75 Å². The number of pyridine rings is 1. The maximum absolute atomic E-state index is 12.3. The Morgan fingerprint density at radius 2 is 1.82 bits per heavy atom. The molecule has 1 aromatic carbocycles. The molecule has 0 aliphatic heterocycles. The van der Waals surface area contributed by atoms with Gasteiger partial charge in [-0.2, -0.15) is 0 Å². The molecule has 0 radical (unpaired) electrons. The first kappa shape index (κ1) is 18.7. The Bertz CT molecular complexity index is 907. The summed E-state index contributed by atoms with van der Waals surface area (Å²) in [5.41, 5.74) is 2.12. The zero-order valence-corrected chi connectivity index (χ0v) is 16.4. The van der Waals surface area contributed by atoms with Gasteiger partial charge in [-0.25, -0.2) is 0 Å². The quantitative estimate of drug-likeness (QED) is 0.622. The summed E-state index contributed by atoms with van der Waals surface area (Å²) in [5, 5.41) is 12.6. The smallest absolute Gasteiger partial charge is 0.230 e. The molecule has 2 aromatic heterocycles. The SMILES string of the molecule is O=C(CSc1nnc(-c2ccncc2)n1Cc1ccccc1)NC1CCCC1. The van der Waals surface area contributed by atoms with E-state index in [0.717, 1.165) is 34.9 Å². The van der Waals surface area contributed by atoms with E-state index in [4.69, 9.17) is 0 Å². The third-order valence-corrected chi connectivity index (χ3v) is 5.86. The van der Waals surface area contributed by atoms with Gasteiger partial charge in [0.25, 0.3) is 0 Å². The lowest BCUT2D eigenvalue weighted by molar-refractivity contribution is -0.119. The number of nitrogens with one attached hydrogen (secondary N) is 1. The van der Waals surface area contributed by atoms with Crippen LogP contribution in [0.15, 0.2) is 60.0 Å². The summed E-state index contributed by atoms with van der Waals surface area (Å²) in [6, 6.07) is 14.4. The van der Waals surface area contributed by atoms with Crippen LogP contribution in [0.25, 0.3) is 11.4 Å². The summed E-state index contributed by atoms with van der Waals surface area (Å²) in [7, 11) is 0. The van der Waals surface area contributed by atoms with E-state index >= 15 is 0 Å². The van der Waals surface area contributed by atoms with Crippen molar-refractivity contribution < 1.29 is 4.79 Å². The Balaban J connectivity index is 1.52. The van der Waals surface area contributed by atoms with Crippen LogP contribution >= 0.6 is 11.8 Å². The van der Waals surface area contributed by atoms with Crippen molar-refractivity contribution in [3.8, 4) is 11.4 Å². The summed E-state index contributed by atoms with van der Waals surface area (Å²) in [4.78, 5) is 16.4. The number of benzene rings is 1. The summed E-state index contributed by atoms with van der Waals surface area (Å²) in [6.45, 7) is 0.651. The molecule has 0 bridgehead atoms. The molecular weight excluding hydrogens is 370 g/mol. The van der Waals surface area contributed by atoms with Crippen LogP contribution in [0.4, 0.5) is 0 Å². The second-order valence-electron chi connectivity index (χ2n) is 6.95. The van der Waals surface area contributed by atoms with Crippen molar-refractivity contribution in [1.29, 1.82) is 0 Å². The van der Waals surface area contributed by atoms with Crippen LogP contribution in [-0.4, -0.2) is 37.5 Å². The third kappa shape index (κ3) is 4.59. The summed E-state index contributed by atoms with van der Waals surface area (Å²) in [6.07, 6.45) is 8.09. The molecule has 0 unspecified atom stereocenters. The highest BCUT2D eigenvalue weighted by atomic mass is 32.2. The Morgan fingerprint density at radius 1 is 1.07 bits per heavy atom. The fourth-order valence-electron chi connectivity index (χ4n) is 3.49. The molecule has 1 aliphatic carbocycles. The predicted octanol–water partition coefficient (Wildman–Crippen LogP) is 3.54. The average Bonchev–Trinajstić information content (AvgIpc) is 3.38. The van der Waals surface area contributed by atoms with Crippen molar-refractivity contribution in [2.45, 2.75) is 43.4 Å². The molecular formula is C21H23N5OS. The number of carbonyl (C=O) groups is 1. The number of hydrogen-bond donors (Lipinski definition) is 1. The minimum absolute atomic E-state index is 0.0663. The molecule has 0 spiro atoms. The monoisotopic (exact) mass is 393 g/mol. The molecule has 6 nitrogen and oxygen atoms in total. The zero-order valence-electron chi connectivity index (χ0n) is 15.6. The number of nitrogens with zero attached hydrogens (tertiary/aromatic N) is 4. The van der Waals surface area contributed by atoms with E-state index in [9.17, 15) is 4.79 Å². The lowest BCUT2D eigenvalue weighted by atomic mass is 10.2. The summed E-state index contributed by atoms with van der Waals surface area (Å²) in [5.74, 6) is 1.20. The van der Waals surface area contributed by atoms with E-state index in [1.165, 1.54) is 24.6 Å². The van der Waals surface area contributed by atoms with Gasteiger partial charge in [0.1, 0.15) is 0 Å². The molecule has 1 N–H and O–H groups in total. The van der Waals surface area contributed by atoms with Crippen LogP contribution in [0.2, 0.25) is 0 Å². The van der Waals surface area contributed by atoms with Crippen molar-refractivity contribution in [3.05, 3.63) is 60.4 Å². The van der Waals surface area contributed by atoms with Gasteiger partial charge < -0.3 is 5.32 Å². The highest BCUT2D eigenvalue weighted by Gasteiger charge is 2.19. The molecule has 1 aliphatic rings. The molecule has 1 saturated carbocycles. The van der Waals surface area contributed by atoms with Gasteiger partial charge >= 0.3 is 0 Å². The first-order chi connectivity index (χ1) is 13.8. The molecule has 3 aromatic rings. The maximum atomic E-state index is 12.3. The fraction of sp³-hybridized carbons (Fsp3) is 0.333. The van der Waals surface area contributed by atoms with E-state index < -0.39 is 0 Å². The summed E-state index contributed by atoms with van der Waals surface area (Å²) >= 11 is 1.43. The van der Waals surface area contributed by atoms with Crippen LogP contribution in [0.5, 0.6) is 0 Å². The first-order valence-electron chi connectivity index (χ1n) is 9.59. The van der Waals surface area contributed by atoms with Gasteiger partial charge in [-0.15, -0.1) is 10.2 Å². The van der Waals surface area contributed by atoms with E-state index in [1.807, 2.05) is 30.3 Å². The lowest BCUT2D eigenvalue weighted by Gasteiger charge is -2.12. The topological polar surface area (TPSA) is 72.7 Å². The van der Waals surface area contributed by atoms with E-state index in [-0.39, 0.29) is 5.91 Å². The molecule has 1 amide bonds. The van der Waals surface area contributed by atoms with Gasteiger partial charge in [0, 0.05) is 24.0 Å². The Hall–Kier alpha value is -2.67. The van der Waals surface area contributed by atoms with Gasteiger partial charge in [0.05, 0.1) is 12.3 Å². The van der Waals surface area contributed by atoms with Gasteiger partial charge in [0.15, 0.2) is 11.0 Å². The maximum Gasteiger partial charge on any atom is 0.230 e. The molecule has 7 heteroatoms. The predicted molar refractivity (Wildman–Crippen MR) is 110 cm³/mol. The number of hydrogen-bond acceptors (Lipinski definition) is 5. The van der Waals surface area contributed by atoms with E-state index in [2.05, 4.69) is 37.2 Å². The van der Waals surface area contributed by atoms with Crippen molar-refractivity contribution in [3.63, 3.8) is 0 Å². The number of rotatable bonds is 7. The molecule has 28 heavy (non-hydrogen) atoms. The third-order valence-electron chi connectivity index (χ3n) is 4.89. The highest BCUT2D eigenvalue weighted by molar-refractivity contribution is 7.99. The first-order valence-corrected chi connectivity index (χ1v) is 10.6. The normalized spacial score (nSPS) is 14.3. The summed E-state index contributed by atoms with van der Waals surface area (Å²) < 4.78 is 2.07. The van der Waals surface area contributed by atoms with Gasteiger partial charge in [-0.3, -0.25) is 14.3 Å². The van der Waals surface area contributed by atoms with Gasteiger partial charge in [-0.1, -0.05) is 54.9 Å². The Morgan fingerprint density at radius 3 is 2.57 bits per heavy atom. The van der Waals surface area contributed by atoms with Crippen LogP contribution in [0.1, 0.15) is 31.2 Å². The minimum Gasteiger partial charge on any atom is -0.353 e. The number of aromatic nitrogens is 4. The Kier molecular flexibility index (Phi) is 6.01. The van der Waals surface area contributed by atoms with Gasteiger partial charge in [0.2, 0.25) is 5.91 Å². The molecule has 0 atom stereocenters. The van der Waals surface area contributed by atoms with Crippen LogP contribution in [0.3, 0.4) is 0 Å². The second kappa shape index (κ2) is 9.01. The molecule has 2 heterocycles. The van der Waals surface area contributed by atoms with Crippen molar-refractivity contribution in [2.24, 2.45) is 0 Å². The Labute approximate surface area is 168 Å². The number of amides is 1. The van der Waals surface area contributed by atoms with Gasteiger partial charge in [-0.05, 0) is 30.5 Å². The standard InChI is InChI=1S/C21H23N5OS/c27-19(23-18-8-4-5-9-18)15-28-21-25-24-20(17-10-12-22-13-11-17)26(21)14-16-6-2-1-3-7-16/h1-3,6-7,10-13,18H,4-5,8-9,14-15H2,(H,23,27). The minimum atomic E-state index is 0.0663. The zero-order chi connectivity index (χ0) is 19.2. The van der Waals surface area contributed by atoms with Crippen molar-refractivity contribution >= 4 is 17.7 Å². The molecule has 1 fully saturated rings. The fourth-order valence-corrected chi connectivity index (χ4v) is 4.24. The van der Waals surface area contributed by atoms with Crippen LogP contribution in [-0.2, 0) is 11.3 Å². The van der Waals surface area contributed by atoms with Crippen LogP contribution in [0, 0.1) is 0 Å². The van der Waals surface area contributed by atoms with E-state index in [0.29, 0.717) is 18.3 Å². The molecule has 0 saturated heterocycles. The van der Waals surface area contributed by atoms with Crippen molar-refractivity contribution in [1.82, 2.24) is 25.1 Å². The second-order valence-corrected chi connectivity index (χ2v) is 7.89. The average molecular weight is 394 g/mol. The lowest BCUT2D eigenvalue weighted by Crippen LogP contribution is -2.33. The van der Waals surface area contributed by atoms with E-state index in [1.54, 1.807) is 12.4 Å². The molecule has 4 rings (SSSR count). The molecule has 144 valence electrons. The number of carbonyl (C=O) groups excluding carboxylic acids is 1. The largest absolute Gasteiger partial charge is 0.353 e. The highest BCUT2D eigenvalue weighted by Crippen LogP contribution is 2.25. The van der Waals surface area contributed by atoms with Crippen LogP contribution < -0.4 is 5.32 Å². The number of thioether (sulfide) groups is 1.